The minimum Gasteiger partial charge on any atom is -0.369 e. The Morgan fingerprint density at radius 1 is 1.42 bits per heavy atom. The van der Waals surface area contributed by atoms with Crippen LogP contribution < -0.4 is 5.73 Å². The zero-order valence-electron chi connectivity index (χ0n) is 10.1. The van der Waals surface area contributed by atoms with Crippen molar-refractivity contribution in [1.82, 2.24) is 9.29 Å². The first-order chi connectivity index (χ1) is 8.93. The second kappa shape index (κ2) is 5.44. The lowest BCUT2D eigenvalue weighted by Gasteiger charge is -2.29. The van der Waals surface area contributed by atoms with Gasteiger partial charge < -0.3 is 5.73 Å². The molecule has 1 aliphatic rings. The second-order valence-electron chi connectivity index (χ2n) is 4.39. The number of carbonyl (C=O) groups is 1. The number of rotatable bonds is 3. The van der Waals surface area contributed by atoms with Gasteiger partial charge in [0.25, 0.3) is 0 Å². The molecule has 8 heteroatoms. The van der Waals surface area contributed by atoms with E-state index in [0.717, 1.165) is 0 Å². The number of sulfonamides is 1. The number of primary amides is 1. The quantitative estimate of drug-likeness (QED) is 0.886. The largest absolute Gasteiger partial charge is 0.369 e. The molecule has 19 heavy (non-hydrogen) atoms. The van der Waals surface area contributed by atoms with Gasteiger partial charge in [-0.25, -0.2) is 8.42 Å². The van der Waals surface area contributed by atoms with Gasteiger partial charge in [0.05, 0.1) is 5.02 Å². The summed E-state index contributed by atoms with van der Waals surface area (Å²) in [6.45, 7) is 0.530. The van der Waals surface area contributed by atoms with Crippen LogP contribution in [0.5, 0.6) is 0 Å². The molecule has 0 aromatic carbocycles. The van der Waals surface area contributed by atoms with E-state index in [-0.39, 0.29) is 34.8 Å². The average Bonchev–Trinajstić information content (AvgIpc) is 2.39. The highest BCUT2D eigenvalue weighted by Gasteiger charge is 2.32. The molecule has 0 saturated carbocycles. The summed E-state index contributed by atoms with van der Waals surface area (Å²) in [5.74, 6) is -0.632. The Bertz CT molecular complexity index is 583. The molecule has 1 saturated heterocycles. The van der Waals surface area contributed by atoms with Crippen molar-refractivity contribution in [2.75, 3.05) is 13.1 Å². The molecule has 2 rings (SSSR count). The summed E-state index contributed by atoms with van der Waals surface area (Å²) in [6, 6.07) is 1.44. The topological polar surface area (TPSA) is 93.4 Å². The molecule has 0 unspecified atom stereocenters. The smallest absolute Gasteiger partial charge is 0.246 e. The minimum absolute atomic E-state index is 0.00538. The minimum atomic E-state index is -3.66. The van der Waals surface area contributed by atoms with Crippen molar-refractivity contribution in [3.63, 3.8) is 0 Å². The molecule has 6 nitrogen and oxygen atoms in total. The van der Waals surface area contributed by atoms with E-state index in [1.165, 1.54) is 22.8 Å². The van der Waals surface area contributed by atoms with Crippen LogP contribution in [0.4, 0.5) is 0 Å². The summed E-state index contributed by atoms with van der Waals surface area (Å²) in [7, 11) is -3.66. The molecule has 1 aromatic rings. The Morgan fingerprint density at radius 3 is 2.58 bits per heavy atom. The third kappa shape index (κ3) is 2.88. The second-order valence-corrected chi connectivity index (χ2v) is 6.70. The summed E-state index contributed by atoms with van der Waals surface area (Å²) in [5.41, 5.74) is 5.22. The van der Waals surface area contributed by atoms with Gasteiger partial charge in [0.2, 0.25) is 15.9 Å². The third-order valence-corrected chi connectivity index (χ3v) is 5.58. The number of aromatic nitrogens is 1. The van der Waals surface area contributed by atoms with Gasteiger partial charge >= 0.3 is 0 Å². The van der Waals surface area contributed by atoms with Crippen LogP contribution in [0.3, 0.4) is 0 Å². The van der Waals surface area contributed by atoms with Crippen molar-refractivity contribution in [2.45, 2.75) is 17.7 Å². The monoisotopic (exact) mass is 303 g/mol. The van der Waals surface area contributed by atoms with Gasteiger partial charge in [-0.2, -0.15) is 4.31 Å². The molecule has 0 aliphatic carbocycles. The molecule has 0 bridgehead atoms. The number of nitrogens with zero attached hydrogens (tertiary/aromatic N) is 2. The number of hydrogen-bond acceptors (Lipinski definition) is 4. The van der Waals surface area contributed by atoms with Crippen LogP contribution in [0.2, 0.25) is 5.02 Å². The fraction of sp³-hybridized carbons (Fsp3) is 0.455. The lowest BCUT2D eigenvalue weighted by atomic mass is 9.98. The molecule has 1 amide bonds. The van der Waals surface area contributed by atoms with Gasteiger partial charge in [-0.05, 0) is 18.9 Å². The van der Waals surface area contributed by atoms with Crippen LogP contribution in [0, 0.1) is 5.92 Å². The fourth-order valence-corrected chi connectivity index (χ4v) is 3.95. The normalized spacial score (nSPS) is 18.4. The van der Waals surface area contributed by atoms with Gasteiger partial charge in [-0.1, -0.05) is 11.6 Å². The van der Waals surface area contributed by atoms with Gasteiger partial charge in [0, 0.05) is 31.4 Å². The number of halogens is 1. The van der Waals surface area contributed by atoms with Crippen LogP contribution >= 0.6 is 11.6 Å². The SMILES string of the molecule is NC(=O)C1CCN(S(=O)(=O)c2cnccc2Cl)CC1. The Hall–Kier alpha value is -1.18. The number of pyridine rings is 1. The van der Waals surface area contributed by atoms with Crippen molar-refractivity contribution >= 4 is 27.5 Å². The van der Waals surface area contributed by atoms with Crippen molar-refractivity contribution < 1.29 is 13.2 Å². The lowest BCUT2D eigenvalue weighted by Crippen LogP contribution is -2.41. The molecule has 0 radical (unpaired) electrons. The maximum Gasteiger partial charge on any atom is 0.246 e. The van der Waals surface area contributed by atoms with Crippen LogP contribution in [0.15, 0.2) is 23.4 Å². The average molecular weight is 304 g/mol. The number of hydrogen-bond donors (Lipinski definition) is 1. The summed E-state index contributed by atoms with van der Waals surface area (Å²) < 4.78 is 26.1. The van der Waals surface area contributed by atoms with Gasteiger partial charge in [0.1, 0.15) is 4.90 Å². The molecular formula is C11H14ClN3O3S. The highest BCUT2D eigenvalue weighted by molar-refractivity contribution is 7.89. The number of amides is 1. The maximum absolute atomic E-state index is 12.4. The first kappa shape index (κ1) is 14.2. The zero-order valence-corrected chi connectivity index (χ0v) is 11.7. The molecule has 1 aromatic heterocycles. The molecule has 0 spiro atoms. The molecule has 1 aliphatic heterocycles. The molecule has 104 valence electrons. The fourth-order valence-electron chi connectivity index (χ4n) is 2.07. The summed E-state index contributed by atoms with van der Waals surface area (Å²) >= 11 is 5.89. The predicted molar refractivity (Wildman–Crippen MR) is 69.9 cm³/mol. The van der Waals surface area contributed by atoms with Crippen molar-refractivity contribution in [3.8, 4) is 0 Å². The van der Waals surface area contributed by atoms with E-state index in [1.807, 2.05) is 0 Å². The highest BCUT2D eigenvalue weighted by atomic mass is 35.5. The highest BCUT2D eigenvalue weighted by Crippen LogP contribution is 2.27. The summed E-state index contributed by atoms with van der Waals surface area (Å²) in [5, 5.41) is 0.145. The molecule has 1 fully saturated rings. The summed E-state index contributed by atoms with van der Waals surface area (Å²) in [6.07, 6.45) is 3.54. The summed E-state index contributed by atoms with van der Waals surface area (Å²) in [4.78, 5) is 14.8. The van der Waals surface area contributed by atoms with Crippen LogP contribution in [-0.2, 0) is 14.8 Å². The number of carbonyl (C=O) groups excluding carboxylic acids is 1. The standard InChI is InChI=1S/C11H14ClN3O3S/c12-9-1-4-14-7-10(9)19(17,18)15-5-2-8(3-6-15)11(13)16/h1,4,7-8H,2-3,5-6H2,(H2,13,16). The lowest BCUT2D eigenvalue weighted by molar-refractivity contribution is -0.122. The van der Waals surface area contributed by atoms with Gasteiger partial charge in [-0.3, -0.25) is 9.78 Å². The first-order valence-electron chi connectivity index (χ1n) is 5.82. The Kier molecular flexibility index (Phi) is 4.07. The third-order valence-electron chi connectivity index (χ3n) is 3.21. The Balaban J connectivity index is 2.19. The Labute approximate surface area is 116 Å². The van der Waals surface area contributed by atoms with Crippen molar-refractivity contribution in [2.24, 2.45) is 11.7 Å². The van der Waals surface area contributed by atoms with Gasteiger partial charge in [-0.15, -0.1) is 0 Å². The van der Waals surface area contributed by atoms with E-state index in [9.17, 15) is 13.2 Å². The van der Waals surface area contributed by atoms with Gasteiger partial charge in [0.15, 0.2) is 0 Å². The zero-order chi connectivity index (χ0) is 14.0. The molecule has 2 heterocycles. The van der Waals surface area contributed by atoms with Crippen LogP contribution in [0.1, 0.15) is 12.8 Å². The predicted octanol–water partition coefficient (Wildman–Crippen LogP) is 0.621. The van der Waals surface area contributed by atoms with E-state index in [4.69, 9.17) is 17.3 Å². The van der Waals surface area contributed by atoms with Crippen LogP contribution in [0.25, 0.3) is 0 Å². The number of nitrogens with two attached hydrogens (primary N) is 1. The Morgan fingerprint density at radius 2 is 2.05 bits per heavy atom. The maximum atomic E-state index is 12.4. The molecule has 2 N–H and O–H groups in total. The van der Waals surface area contributed by atoms with Crippen molar-refractivity contribution in [1.29, 1.82) is 0 Å². The first-order valence-corrected chi connectivity index (χ1v) is 7.63. The molecular weight excluding hydrogens is 290 g/mol. The van der Waals surface area contributed by atoms with E-state index in [0.29, 0.717) is 12.8 Å². The number of piperidine rings is 1. The molecule has 0 atom stereocenters. The van der Waals surface area contributed by atoms with E-state index >= 15 is 0 Å². The van der Waals surface area contributed by atoms with E-state index in [2.05, 4.69) is 4.98 Å². The van der Waals surface area contributed by atoms with E-state index in [1.54, 1.807) is 0 Å². The van der Waals surface area contributed by atoms with Crippen LogP contribution in [-0.4, -0.2) is 36.7 Å². The van der Waals surface area contributed by atoms with E-state index < -0.39 is 10.0 Å². The van der Waals surface area contributed by atoms with Crippen molar-refractivity contribution in [3.05, 3.63) is 23.5 Å².